The van der Waals surface area contributed by atoms with Crippen molar-refractivity contribution >= 4 is 29.4 Å². The van der Waals surface area contributed by atoms with E-state index in [2.05, 4.69) is 9.97 Å². The number of carbonyl (C=O) groups excluding carboxylic acids is 1. The Hall–Kier alpha value is -0.750. The SMILES string of the molecule is CSc1cnc(C(N)=O)c(SC)n1. The van der Waals surface area contributed by atoms with Crippen LogP contribution in [0.25, 0.3) is 0 Å². The van der Waals surface area contributed by atoms with Crippen LogP contribution < -0.4 is 5.73 Å². The number of nitrogens with zero attached hydrogens (tertiary/aromatic N) is 2. The normalized spacial score (nSPS) is 10.0. The number of primary amides is 1. The van der Waals surface area contributed by atoms with Gasteiger partial charge in [0.1, 0.15) is 10.1 Å². The van der Waals surface area contributed by atoms with Crippen LogP contribution in [0.2, 0.25) is 0 Å². The zero-order chi connectivity index (χ0) is 9.84. The van der Waals surface area contributed by atoms with Crippen LogP contribution in [0.5, 0.6) is 0 Å². The summed E-state index contributed by atoms with van der Waals surface area (Å²) >= 11 is 2.85. The molecule has 2 N–H and O–H groups in total. The second kappa shape index (κ2) is 4.48. The van der Waals surface area contributed by atoms with E-state index in [9.17, 15) is 4.79 Å². The molecule has 0 saturated carbocycles. The zero-order valence-corrected chi connectivity index (χ0v) is 8.91. The number of hydrogen-bond acceptors (Lipinski definition) is 5. The van der Waals surface area contributed by atoms with E-state index in [1.54, 1.807) is 6.20 Å². The molecule has 1 rings (SSSR count). The van der Waals surface area contributed by atoms with Gasteiger partial charge in [0.15, 0.2) is 5.69 Å². The number of aromatic nitrogens is 2. The number of nitrogens with two attached hydrogens (primary N) is 1. The molecule has 6 heteroatoms. The number of rotatable bonds is 3. The summed E-state index contributed by atoms with van der Waals surface area (Å²) in [7, 11) is 0. The third kappa shape index (κ3) is 2.35. The summed E-state index contributed by atoms with van der Waals surface area (Å²) in [6.45, 7) is 0. The quantitative estimate of drug-likeness (QED) is 0.762. The highest BCUT2D eigenvalue weighted by molar-refractivity contribution is 7.99. The molecular formula is C7H9N3OS2. The van der Waals surface area contributed by atoms with Crippen LogP contribution in [0, 0.1) is 0 Å². The van der Waals surface area contributed by atoms with Crippen LogP contribution in [0.1, 0.15) is 10.5 Å². The molecule has 0 radical (unpaired) electrons. The standard InChI is InChI=1S/C7H9N3OS2/c1-12-4-3-9-5(6(8)11)7(10-4)13-2/h3H,1-2H3,(H2,8,11). The van der Waals surface area contributed by atoms with Gasteiger partial charge >= 0.3 is 0 Å². The maximum atomic E-state index is 10.9. The molecular weight excluding hydrogens is 206 g/mol. The number of carbonyl (C=O) groups is 1. The van der Waals surface area contributed by atoms with Gasteiger partial charge in [-0.2, -0.15) is 0 Å². The molecule has 0 aromatic carbocycles. The summed E-state index contributed by atoms with van der Waals surface area (Å²) in [6.07, 6.45) is 5.28. The van der Waals surface area contributed by atoms with E-state index in [4.69, 9.17) is 5.73 Å². The minimum Gasteiger partial charge on any atom is -0.364 e. The average molecular weight is 215 g/mol. The highest BCUT2D eigenvalue weighted by Crippen LogP contribution is 2.19. The summed E-state index contributed by atoms with van der Waals surface area (Å²) in [6, 6.07) is 0. The smallest absolute Gasteiger partial charge is 0.270 e. The molecule has 1 aromatic rings. The molecule has 1 aromatic heterocycles. The zero-order valence-electron chi connectivity index (χ0n) is 7.27. The Balaban J connectivity index is 3.15. The lowest BCUT2D eigenvalue weighted by atomic mass is 10.4. The summed E-state index contributed by atoms with van der Waals surface area (Å²) in [5, 5.41) is 1.37. The molecule has 70 valence electrons. The van der Waals surface area contributed by atoms with Crippen LogP contribution in [-0.4, -0.2) is 28.4 Å². The van der Waals surface area contributed by atoms with Crippen molar-refractivity contribution < 1.29 is 4.79 Å². The summed E-state index contributed by atoms with van der Waals surface area (Å²) in [5.41, 5.74) is 5.36. The van der Waals surface area contributed by atoms with Crippen molar-refractivity contribution in [1.29, 1.82) is 0 Å². The molecule has 13 heavy (non-hydrogen) atoms. The third-order valence-electron chi connectivity index (χ3n) is 1.35. The highest BCUT2D eigenvalue weighted by atomic mass is 32.2. The van der Waals surface area contributed by atoms with E-state index in [-0.39, 0.29) is 5.69 Å². The fourth-order valence-corrected chi connectivity index (χ4v) is 1.70. The minimum absolute atomic E-state index is 0.241. The molecule has 0 unspecified atom stereocenters. The molecule has 0 aliphatic heterocycles. The molecule has 0 bridgehead atoms. The molecule has 1 amide bonds. The van der Waals surface area contributed by atoms with Gasteiger partial charge in [-0.25, -0.2) is 9.97 Å². The van der Waals surface area contributed by atoms with Crippen LogP contribution in [0.4, 0.5) is 0 Å². The molecule has 1 heterocycles. The first-order valence-corrected chi connectivity index (χ1v) is 5.88. The van der Waals surface area contributed by atoms with Crippen molar-refractivity contribution in [2.45, 2.75) is 10.1 Å². The van der Waals surface area contributed by atoms with Crippen LogP contribution in [0.15, 0.2) is 16.2 Å². The van der Waals surface area contributed by atoms with E-state index in [0.29, 0.717) is 5.03 Å². The van der Waals surface area contributed by atoms with E-state index in [0.717, 1.165) is 5.03 Å². The highest BCUT2D eigenvalue weighted by Gasteiger charge is 2.10. The van der Waals surface area contributed by atoms with E-state index < -0.39 is 5.91 Å². The van der Waals surface area contributed by atoms with Gasteiger partial charge in [0.25, 0.3) is 5.91 Å². The number of thioether (sulfide) groups is 2. The minimum atomic E-state index is -0.537. The third-order valence-corrected chi connectivity index (χ3v) is 2.64. The molecule has 0 aliphatic carbocycles. The Kier molecular flexibility index (Phi) is 3.56. The molecule has 0 spiro atoms. The predicted molar refractivity (Wildman–Crippen MR) is 54.1 cm³/mol. The Morgan fingerprint density at radius 2 is 2.15 bits per heavy atom. The van der Waals surface area contributed by atoms with Crippen molar-refractivity contribution in [3.8, 4) is 0 Å². The predicted octanol–water partition coefficient (Wildman–Crippen LogP) is 1.02. The molecule has 0 saturated heterocycles. The fraction of sp³-hybridized carbons (Fsp3) is 0.286. The van der Waals surface area contributed by atoms with Gasteiger partial charge in [-0.05, 0) is 12.5 Å². The number of hydrogen-bond donors (Lipinski definition) is 1. The van der Waals surface area contributed by atoms with Gasteiger partial charge in [0.2, 0.25) is 0 Å². The first-order chi connectivity index (χ1) is 6.19. The fourth-order valence-electron chi connectivity index (χ4n) is 0.767. The van der Waals surface area contributed by atoms with Gasteiger partial charge in [-0.3, -0.25) is 4.79 Å². The van der Waals surface area contributed by atoms with Gasteiger partial charge in [0, 0.05) is 0 Å². The van der Waals surface area contributed by atoms with E-state index >= 15 is 0 Å². The molecule has 0 fully saturated rings. The van der Waals surface area contributed by atoms with Gasteiger partial charge in [0.05, 0.1) is 6.20 Å². The van der Waals surface area contributed by atoms with Crippen molar-refractivity contribution in [2.75, 3.05) is 12.5 Å². The Bertz CT molecular complexity index is 330. The van der Waals surface area contributed by atoms with E-state index in [1.165, 1.54) is 23.5 Å². The second-order valence-electron chi connectivity index (χ2n) is 2.13. The lowest BCUT2D eigenvalue weighted by Gasteiger charge is -2.02. The largest absolute Gasteiger partial charge is 0.364 e. The Morgan fingerprint density at radius 1 is 1.46 bits per heavy atom. The molecule has 0 atom stereocenters. The van der Waals surface area contributed by atoms with Gasteiger partial charge in [-0.15, -0.1) is 23.5 Å². The van der Waals surface area contributed by atoms with Gasteiger partial charge in [-0.1, -0.05) is 0 Å². The first kappa shape index (κ1) is 10.3. The lowest BCUT2D eigenvalue weighted by molar-refractivity contribution is 0.0991. The van der Waals surface area contributed by atoms with E-state index in [1.807, 2.05) is 12.5 Å². The Morgan fingerprint density at radius 3 is 2.62 bits per heavy atom. The molecule has 0 aliphatic rings. The van der Waals surface area contributed by atoms with Crippen molar-refractivity contribution in [3.63, 3.8) is 0 Å². The van der Waals surface area contributed by atoms with Crippen molar-refractivity contribution in [2.24, 2.45) is 5.73 Å². The first-order valence-electron chi connectivity index (χ1n) is 3.44. The lowest BCUT2D eigenvalue weighted by Crippen LogP contribution is -2.15. The van der Waals surface area contributed by atoms with Crippen molar-refractivity contribution in [3.05, 3.63) is 11.9 Å². The summed E-state index contributed by atoms with van der Waals surface area (Å²) < 4.78 is 0. The second-order valence-corrected chi connectivity index (χ2v) is 3.76. The molecule has 4 nitrogen and oxygen atoms in total. The van der Waals surface area contributed by atoms with Crippen molar-refractivity contribution in [1.82, 2.24) is 9.97 Å². The Labute approximate surface area is 84.7 Å². The summed E-state index contributed by atoms with van der Waals surface area (Å²) in [5.74, 6) is -0.537. The van der Waals surface area contributed by atoms with Gasteiger partial charge < -0.3 is 5.73 Å². The maximum absolute atomic E-state index is 10.9. The summed E-state index contributed by atoms with van der Waals surface area (Å²) in [4.78, 5) is 19.0. The van der Waals surface area contributed by atoms with Crippen LogP contribution in [-0.2, 0) is 0 Å². The number of amides is 1. The monoisotopic (exact) mass is 215 g/mol. The van der Waals surface area contributed by atoms with Crippen LogP contribution in [0.3, 0.4) is 0 Å². The maximum Gasteiger partial charge on any atom is 0.270 e. The topological polar surface area (TPSA) is 68.9 Å². The average Bonchev–Trinajstić information content (AvgIpc) is 2.16. The van der Waals surface area contributed by atoms with Crippen LogP contribution >= 0.6 is 23.5 Å².